The molecule has 0 saturated carbocycles. The zero-order valence-electron chi connectivity index (χ0n) is 20.0. The van der Waals surface area contributed by atoms with Crippen LogP contribution in [0.5, 0.6) is 5.75 Å². The second-order valence-electron chi connectivity index (χ2n) is 9.32. The van der Waals surface area contributed by atoms with E-state index < -0.39 is 10.0 Å². The van der Waals surface area contributed by atoms with E-state index in [9.17, 15) is 13.5 Å². The number of aliphatic hydroxyl groups is 1. The molecule has 3 aromatic rings. The Labute approximate surface area is 207 Å². The Balaban J connectivity index is 1.42. The summed E-state index contributed by atoms with van der Waals surface area (Å²) < 4.78 is 34.1. The van der Waals surface area contributed by atoms with Gasteiger partial charge in [0.15, 0.2) is 0 Å². The SMILES string of the molecule is COc1cccc(S(=O)(=O)N2CCCCN3[C@H](C2)[C@H](c2ccc(-c4ccccc4)cc2)[C@@H]3CO)c1. The molecular weight excluding hydrogens is 460 g/mol. The van der Waals surface area contributed by atoms with Gasteiger partial charge in [-0.25, -0.2) is 8.42 Å². The number of nitrogens with zero attached hydrogens (tertiary/aromatic N) is 2. The number of sulfonamides is 1. The van der Waals surface area contributed by atoms with Crippen molar-refractivity contribution in [3.63, 3.8) is 0 Å². The van der Waals surface area contributed by atoms with Crippen LogP contribution in [0.4, 0.5) is 0 Å². The van der Waals surface area contributed by atoms with E-state index in [4.69, 9.17) is 4.74 Å². The summed E-state index contributed by atoms with van der Waals surface area (Å²) in [5.41, 5.74) is 3.45. The Morgan fingerprint density at radius 1 is 0.914 bits per heavy atom. The largest absolute Gasteiger partial charge is 0.497 e. The second kappa shape index (κ2) is 10.1. The zero-order valence-corrected chi connectivity index (χ0v) is 20.8. The molecule has 0 amide bonds. The monoisotopic (exact) mass is 492 g/mol. The molecule has 0 aromatic heterocycles. The van der Waals surface area contributed by atoms with Gasteiger partial charge in [0.25, 0.3) is 0 Å². The van der Waals surface area contributed by atoms with Gasteiger partial charge in [-0.2, -0.15) is 4.31 Å². The molecular formula is C28H32N2O4S. The Bertz CT molecular complexity index is 1250. The number of hydrogen-bond donors (Lipinski definition) is 1. The molecule has 0 aliphatic carbocycles. The van der Waals surface area contributed by atoms with Crippen LogP contribution in [0.25, 0.3) is 11.1 Å². The van der Waals surface area contributed by atoms with Gasteiger partial charge in [-0.05, 0) is 48.2 Å². The molecule has 35 heavy (non-hydrogen) atoms. The predicted molar refractivity (Wildman–Crippen MR) is 137 cm³/mol. The molecule has 1 N–H and O–H groups in total. The molecule has 6 nitrogen and oxygen atoms in total. The van der Waals surface area contributed by atoms with E-state index in [1.165, 1.54) is 7.11 Å². The minimum absolute atomic E-state index is 0.00190. The summed E-state index contributed by atoms with van der Waals surface area (Å²) in [6, 6.07) is 25.5. The van der Waals surface area contributed by atoms with E-state index in [-0.39, 0.29) is 29.5 Å². The molecule has 2 aliphatic heterocycles. The number of methoxy groups -OCH3 is 1. The number of ether oxygens (including phenoxy) is 1. The van der Waals surface area contributed by atoms with Gasteiger partial charge in [0.2, 0.25) is 10.0 Å². The summed E-state index contributed by atoms with van der Waals surface area (Å²) in [6.45, 7) is 1.83. The highest BCUT2D eigenvalue weighted by Crippen LogP contribution is 2.43. The van der Waals surface area contributed by atoms with Gasteiger partial charge >= 0.3 is 0 Å². The first-order valence-electron chi connectivity index (χ1n) is 12.2. The van der Waals surface area contributed by atoms with Crippen molar-refractivity contribution in [2.24, 2.45) is 0 Å². The van der Waals surface area contributed by atoms with Crippen LogP contribution in [0.3, 0.4) is 0 Å². The minimum Gasteiger partial charge on any atom is -0.497 e. The molecule has 0 unspecified atom stereocenters. The highest BCUT2D eigenvalue weighted by Gasteiger charge is 2.50. The smallest absolute Gasteiger partial charge is 0.243 e. The quantitative estimate of drug-likeness (QED) is 0.564. The lowest BCUT2D eigenvalue weighted by Crippen LogP contribution is -2.67. The van der Waals surface area contributed by atoms with E-state index >= 15 is 0 Å². The molecule has 5 rings (SSSR count). The Hall–Kier alpha value is -2.71. The molecule has 3 atom stereocenters. The van der Waals surface area contributed by atoms with Gasteiger partial charge < -0.3 is 9.84 Å². The molecule has 0 bridgehead atoms. The summed E-state index contributed by atoms with van der Waals surface area (Å²) in [7, 11) is -2.13. The van der Waals surface area contributed by atoms with Gasteiger partial charge in [0.05, 0.1) is 18.6 Å². The average Bonchev–Trinajstić information content (AvgIpc) is 2.88. The standard InChI is InChI=1S/C28H32N2O4S/c1-34-24-10-7-11-25(18-24)35(32,33)29-16-5-6-17-30-26(19-29)28(27(30)20-31)23-14-12-22(13-15-23)21-8-3-2-4-9-21/h2-4,7-15,18,26-28,31H,5-6,16-17,19-20H2,1H3/t26-,27+,28+/m1/s1. The summed E-state index contributed by atoms with van der Waals surface area (Å²) >= 11 is 0. The van der Waals surface area contributed by atoms with Crippen LogP contribution in [0, 0.1) is 0 Å². The molecule has 2 fully saturated rings. The van der Waals surface area contributed by atoms with Crippen molar-refractivity contribution in [1.82, 2.24) is 9.21 Å². The number of rotatable bonds is 6. The van der Waals surface area contributed by atoms with Crippen molar-refractivity contribution in [3.05, 3.63) is 84.4 Å². The van der Waals surface area contributed by atoms with Crippen LogP contribution in [0.2, 0.25) is 0 Å². The van der Waals surface area contributed by atoms with Crippen LogP contribution < -0.4 is 4.74 Å². The molecule has 2 aliphatic rings. The highest BCUT2D eigenvalue weighted by molar-refractivity contribution is 7.89. The van der Waals surface area contributed by atoms with Gasteiger partial charge in [-0.1, -0.05) is 60.7 Å². The first-order chi connectivity index (χ1) is 17.0. The number of aliphatic hydroxyl groups excluding tert-OH is 1. The maximum absolute atomic E-state index is 13.6. The summed E-state index contributed by atoms with van der Waals surface area (Å²) in [5, 5.41) is 10.2. The lowest BCUT2D eigenvalue weighted by Gasteiger charge is -2.57. The van der Waals surface area contributed by atoms with Gasteiger partial charge in [0.1, 0.15) is 5.75 Å². The highest BCUT2D eigenvalue weighted by atomic mass is 32.2. The number of fused-ring (bicyclic) bond motifs is 1. The Morgan fingerprint density at radius 3 is 2.34 bits per heavy atom. The fraction of sp³-hybridized carbons (Fsp3) is 0.357. The first kappa shape index (κ1) is 24.0. The molecule has 184 valence electrons. The van der Waals surface area contributed by atoms with Crippen molar-refractivity contribution in [1.29, 1.82) is 0 Å². The summed E-state index contributed by atoms with van der Waals surface area (Å²) in [6.07, 6.45) is 1.69. The van der Waals surface area contributed by atoms with Crippen molar-refractivity contribution < 1.29 is 18.3 Å². The van der Waals surface area contributed by atoms with E-state index in [1.54, 1.807) is 28.6 Å². The number of hydrogen-bond acceptors (Lipinski definition) is 5. The predicted octanol–water partition coefficient (Wildman–Crippen LogP) is 3.98. The third kappa shape index (κ3) is 4.61. The van der Waals surface area contributed by atoms with Crippen LogP contribution >= 0.6 is 0 Å². The fourth-order valence-electron chi connectivity index (χ4n) is 5.57. The summed E-state index contributed by atoms with van der Waals surface area (Å²) in [4.78, 5) is 2.55. The lowest BCUT2D eigenvalue weighted by atomic mass is 9.74. The molecule has 2 saturated heterocycles. The molecule has 3 aromatic carbocycles. The molecule has 2 heterocycles. The molecule has 7 heteroatoms. The summed E-state index contributed by atoms with van der Waals surface area (Å²) in [5.74, 6) is 0.603. The fourth-order valence-corrected chi connectivity index (χ4v) is 7.10. The molecule has 0 spiro atoms. The topological polar surface area (TPSA) is 70.1 Å². The van der Waals surface area contributed by atoms with E-state index in [0.29, 0.717) is 18.8 Å². The normalized spacial score (nSPS) is 23.5. The van der Waals surface area contributed by atoms with Crippen LogP contribution in [0.1, 0.15) is 24.3 Å². The second-order valence-corrected chi connectivity index (χ2v) is 11.3. The Morgan fingerprint density at radius 2 is 1.63 bits per heavy atom. The molecule has 0 radical (unpaired) electrons. The lowest BCUT2D eigenvalue weighted by molar-refractivity contribution is -0.0553. The van der Waals surface area contributed by atoms with E-state index in [0.717, 1.165) is 36.1 Å². The van der Waals surface area contributed by atoms with E-state index in [1.807, 2.05) is 18.2 Å². The maximum atomic E-state index is 13.6. The average molecular weight is 493 g/mol. The van der Waals surface area contributed by atoms with Gasteiger partial charge in [-0.15, -0.1) is 0 Å². The van der Waals surface area contributed by atoms with Gasteiger partial charge in [-0.3, -0.25) is 4.90 Å². The number of benzene rings is 3. The van der Waals surface area contributed by atoms with Crippen LogP contribution in [-0.2, 0) is 10.0 Å². The van der Waals surface area contributed by atoms with E-state index in [2.05, 4.69) is 41.3 Å². The Kier molecular flexibility index (Phi) is 6.93. The maximum Gasteiger partial charge on any atom is 0.243 e. The van der Waals surface area contributed by atoms with Gasteiger partial charge in [0, 0.05) is 37.2 Å². The third-order valence-electron chi connectivity index (χ3n) is 7.41. The minimum atomic E-state index is -3.67. The van der Waals surface area contributed by atoms with Crippen molar-refractivity contribution in [3.8, 4) is 16.9 Å². The van der Waals surface area contributed by atoms with Crippen molar-refractivity contribution in [2.45, 2.75) is 35.7 Å². The van der Waals surface area contributed by atoms with Crippen LogP contribution in [-0.4, -0.2) is 68.2 Å². The van der Waals surface area contributed by atoms with Crippen LogP contribution in [0.15, 0.2) is 83.8 Å². The van der Waals surface area contributed by atoms with Crippen molar-refractivity contribution in [2.75, 3.05) is 33.4 Å². The zero-order chi connectivity index (χ0) is 24.4. The first-order valence-corrected chi connectivity index (χ1v) is 13.6. The third-order valence-corrected chi connectivity index (χ3v) is 9.28. The van der Waals surface area contributed by atoms with Crippen molar-refractivity contribution >= 4 is 10.0 Å².